The highest BCUT2D eigenvalue weighted by molar-refractivity contribution is 6.02. The highest BCUT2D eigenvalue weighted by Gasteiger charge is 2.28. The van der Waals surface area contributed by atoms with E-state index in [1.54, 1.807) is 36.4 Å². The van der Waals surface area contributed by atoms with Gasteiger partial charge in [0.15, 0.2) is 12.3 Å². The number of amides is 1. The molecule has 0 saturated carbocycles. The molecular formula is C19H16F3N5O2. The molecule has 0 atom stereocenters. The summed E-state index contributed by atoms with van der Waals surface area (Å²) in [6.45, 7) is -1.15. The van der Waals surface area contributed by atoms with Gasteiger partial charge in [-0.25, -0.2) is 4.98 Å². The molecule has 2 aromatic heterocycles. The van der Waals surface area contributed by atoms with Gasteiger partial charge in [0.2, 0.25) is 5.88 Å². The fourth-order valence-corrected chi connectivity index (χ4v) is 2.25. The van der Waals surface area contributed by atoms with Crippen molar-refractivity contribution in [2.24, 2.45) is 0 Å². The van der Waals surface area contributed by atoms with E-state index in [0.717, 1.165) is 0 Å². The van der Waals surface area contributed by atoms with Crippen LogP contribution in [0, 0.1) is 0 Å². The first kappa shape index (κ1) is 20.1. The minimum atomic E-state index is -4.43. The minimum absolute atomic E-state index is 0.124. The van der Waals surface area contributed by atoms with Crippen LogP contribution in [0.3, 0.4) is 0 Å². The van der Waals surface area contributed by atoms with Gasteiger partial charge in [0.05, 0.1) is 0 Å². The van der Waals surface area contributed by atoms with E-state index < -0.39 is 18.7 Å². The van der Waals surface area contributed by atoms with Crippen LogP contribution in [0.15, 0.2) is 60.8 Å². The molecule has 0 aliphatic carbocycles. The average molecular weight is 403 g/mol. The summed E-state index contributed by atoms with van der Waals surface area (Å²) in [4.78, 5) is 15.9. The van der Waals surface area contributed by atoms with E-state index in [0.29, 0.717) is 17.1 Å². The van der Waals surface area contributed by atoms with Crippen LogP contribution in [-0.4, -0.2) is 33.9 Å². The number of nitrogens with zero attached hydrogens (tertiary/aromatic N) is 3. The van der Waals surface area contributed by atoms with Crippen LogP contribution in [-0.2, 0) is 6.54 Å². The normalized spacial score (nSPS) is 11.0. The van der Waals surface area contributed by atoms with Gasteiger partial charge >= 0.3 is 6.18 Å². The first-order valence-electron chi connectivity index (χ1n) is 8.47. The van der Waals surface area contributed by atoms with Crippen molar-refractivity contribution in [2.45, 2.75) is 12.7 Å². The Balaban J connectivity index is 1.54. The maximum Gasteiger partial charge on any atom is 0.422 e. The SMILES string of the molecule is O=C(Nc1ccccc1)c1ccc(NCc2ccnc(OCC(F)(F)F)c2)nn1. The molecule has 0 spiro atoms. The zero-order chi connectivity index (χ0) is 20.7. The summed E-state index contributed by atoms with van der Waals surface area (Å²) < 4.78 is 41.3. The van der Waals surface area contributed by atoms with Gasteiger partial charge in [0.25, 0.3) is 5.91 Å². The number of ether oxygens (including phenoxy) is 1. The third-order valence-corrected chi connectivity index (χ3v) is 3.59. The lowest BCUT2D eigenvalue weighted by atomic mass is 10.2. The molecule has 2 heterocycles. The second kappa shape index (κ2) is 9.00. The van der Waals surface area contributed by atoms with Crippen molar-refractivity contribution in [1.82, 2.24) is 15.2 Å². The zero-order valence-corrected chi connectivity index (χ0v) is 15.0. The van der Waals surface area contributed by atoms with E-state index in [2.05, 4.69) is 30.6 Å². The molecule has 29 heavy (non-hydrogen) atoms. The lowest BCUT2D eigenvalue weighted by Crippen LogP contribution is -2.19. The largest absolute Gasteiger partial charge is 0.468 e. The standard InChI is InChI=1S/C19H16F3N5O2/c20-19(21,22)12-29-17-10-13(8-9-23-17)11-24-16-7-6-15(26-27-16)18(28)25-14-4-2-1-3-5-14/h1-10H,11-12H2,(H,24,27)(H,25,28). The molecule has 3 rings (SSSR count). The summed E-state index contributed by atoms with van der Waals surface area (Å²) in [5.74, 6) is -0.118. The highest BCUT2D eigenvalue weighted by Crippen LogP contribution is 2.18. The molecule has 0 bridgehead atoms. The Morgan fingerprint density at radius 3 is 2.52 bits per heavy atom. The van der Waals surface area contributed by atoms with Gasteiger partial charge < -0.3 is 15.4 Å². The quantitative estimate of drug-likeness (QED) is 0.626. The fourth-order valence-electron chi connectivity index (χ4n) is 2.25. The van der Waals surface area contributed by atoms with Gasteiger partial charge in [0.1, 0.15) is 5.82 Å². The Labute approximate surface area is 164 Å². The summed E-state index contributed by atoms with van der Waals surface area (Å²) in [7, 11) is 0. The molecule has 150 valence electrons. The highest BCUT2D eigenvalue weighted by atomic mass is 19.4. The molecule has 2 N–H and O–H groups in total. The zero-order valence-electron chi connectivity index (χ0n) is 15.0. The number of carbonyl (C=O) groups excluding carboxylic acids is 1. The smallest absolute Gasteiger partial charge is 0.422 e. The third-order valence-electron chi connectivity index (χ3n) is 3.59. The maximum atomic E-state index is 12.2. The Hall–Kier alpha value is -3.69. The van der Waals surface area contributed by atoms with E-state index in [4.69, 9.17) is 0 Å². The number of nitrogens with one attached hydrogen (secondary N) is 2. The van der Waals surface area contributed by atoms with Crippen LogP contribution in [0.4, 0.5) is 24.7 Å². The van der Waals surface area contributed by atoms with Crippen molar-refractivity contribution in [3.8, 4) is 5.88 Å². The number of aromatic nitrogens is 3. The van der Waals surface area contributed by atoms with E-state index in [1.807, 2.05) is 6.07 Å². The van der Waals surface area contributed by atoms with Gasteiger partial charge in [-0.05, 0) is 35.9 Å². The molecule has 3 aromatic rings. The van der Waals surface area contributed by atoms with Crippen molar-refractivity contribution in [1.29, 1.82) is 0 Å². The molecule has 0 aliphatic rings. The Kier molecular flexibility index (Phi) is 6.22. The lowest BCUT2D eigenvalue weighted by Gasteiger charge is -2.10. The van der Waals surface area contributed by atoms with Crippen LogP contribution in [0.25, 0.3) is 0 Å². The number of carbonyl (C=O) groups is 1. The number of rotatable bonds is 7. The molecule has 0 aliphatic heterocycles. The molecular weight excluding hydrogens is 387 g/mol. The van der Waals surface area contributed by atoms with E-state index >= 15 is 0 Å². The van der Waals surface area contributed by atoms with Crippen LogP contribution < -0.4 is 15.4 Å². The summed E-state index contributed by atoms with van der Waals surface area (Å²) in [6, 6.07) is 15.1. The predicted octanol–water partition coefficient (Wildman–Crippen LogP) is 3.68. The third kappa shape index (κ3) is 6.45. The Morgan fingerprint density at radius 1 is 1.03 bits per heavy atom. The average Bonchev–Trinajstić information content (AvgIpc) is 2.72. The summed E-state index contributed by atoms with van der Waals surface area (Å²) in [5.41, 5.74) is 1.43. The summed E-state index contributed by atoms with van der Waals surface area (Å²) in [6.07, 6.45) is -3.08. The first-order valence-corrected chi connectivity index (χ1v) is 8.47. The molecule has 1 amide bonds. The molecule has 7 nitrogen and oxygen atoms in total. The van der Waals surface area contributed by atoms with Crippen LogP contribution in [0.1, 0.15) is 16.1 Å². The maximum absolute atomic E-state index is 12.2. The van der Waals surface area contributed by atoms with Crippen LogP contribution in [0.2, 0.25) is 0 Å². The van der Waals surface area contributed by atoms with Crippen molar-refractivity contribution in [2.75, 3.05) is 17.2 Å². The van der Waals surface area contributed by atoms with E-state index in [9.17, 15) is 18.0 Å². The number of halogens is 3. The number of anilines is 2. The van der Waals surface area contributed by atoms with Crippen molar-refractivity contribution >= 4 is 17.4 Å². The number of para-hydroxylation sites is 1. The number of alkyl halides is 3. The molecule has 0 radical (unpaired) electrons. The Bertz CT molecular complexity index is 950. The molecule has 1 aromatic carbocycles. The van der Waals surface area contributed by atoms with E-state index in [-0.39, 0.29) is 18.1 Å². The monoisotopic (exact) mass is 403 g/mol. The van der Waals surface area contributed by atoms with Crippen molar-refractivity contribution < 1.29 is 22.7 Å². The summed E-state index contributed by atoms with van der Waals surface area (Å²) in [5, 5.41) is 13.5. The fraction of sp³-hybridized carbons (Fsp3) is 0.158. The molecule has 0 saturated heterocycles. The van der Waals surface area contributed by atoms with Gasteiger partial charge in [-0.3, -0.25) is 4.79 Å². The van der Waals surface area contributed by atoms with Crippen molar-refractivity contribution in [3.63, 3.8) is 0 Å². The second-order valence-corrected chi connectivity index (χ2v) is 5.88. The number of hydrogen-bond acceptors (Lipinski definition) is 6. The summed E-state index contributed by atoms with van der Waals surface area (Å²) >= 11 is 0. The number of hydrogen-bond donors (Lipinski definition) is 2. The minimum Gasteiger partial charge on any atom is -0.468 e. The van der Waals surface area contributed by atoms with Gasteiger partial charge in [-0.15, -0.1) is 10.2 Å². The topological polar surface area (TPSA) is 89.0 Å². The molecule has 0 fully saturated rings. The lowest BCUT2D eigenvalue weighted by molar-refractivity contribution is -0.154. The Morgan fingerprint density at radius 2 is 1.83 bits per heavy atom. The molecule has 0 unspecified atom stereocenters. The van der Waals surface area contributed by atoms with E-state index in [1.165, 1.54) is 18.3 Å². The second-order valence-electron chi connectivity index (χ2n) is 5.88. The number of benzene rings is 1. The van der Waals surface area contributed by atoms with Gasteiger partial charge in [-0.2, -0.15) is 13.2 Å². The van der Waals surface area contributed by atoms with Crippen molar-refractivity contribution in [3.05, 3.63) is 72.1 Å². The van der Waals surface area contributed by atoms with Crippen LogP contribution >= 0.6 is 0 Å². The molecule has 10 heteroatoms. The van der Waals surface area contributed by atoms with Crippen LogP contribution in [0.5, 0.6) is 5.88 Å². The first-order chi connectivity index (χ1) is 13.9. The van der Waals surface area contributed by atoms with Gasteiger partial charge in [0, 0.05) is 24.5 Å². The van der Waals surface area contributed by atoms with Gasteiger partial charge in [-0.1, -0.05) is 18.2 Å². The number of pyridine rings is 1. The predicted molar refractivity (Wildman–Crippen MR) is 99.5 cm³/mol.